The molecule has 1 aromatic rings. The third-order valence-corrected chi connectivity index (χ3v) is 4.10. The molecule has 4 heteroatoms. The van der Waals surface area contributed by atoms with Crippen molar-refractivity contribution < 1.29 is 9.47 Å². The monoisotopic (exact) mass is 288 g/mol. The summed E-state index contributed by atoms with van der Waals surface area (Å²) in [4.78, 5) is 0. The van der Waals surface area contributed by atoms with E-state index in [1.807, 2.05) is 12.1 Å². The summed E-state index contributed by atoms with van der Waals surface area (Å²) in [6.45, 7) is 4.27. The van der Waals surface area contributed by atoms with Gasteiger partial charge in [0.15, 0.2) is 5.75 Å². The molecule has 1 heterocycles. The first kappa shape index (κ1) is 14.0. The van der Waals surface area contributed by atoms with Gasteiger partial charge in [0, 0.05) is 0 Å². The van der Waals surface area contributed by atoms with Gasteiger partial charge in [-0.15, -0.1) is 0 Å². The molecule has 2 nitrogen and oxygen atoms in total. The molecule has 0 saturated carbocycles. The third kappa shape index (κ3) is 2.93. The third-order valence-electron chi connectivity index (χ3n) is 3.54. The fourth-order valence-electron chi connectivity index (χ4n) is 2.31. The van der Waals surface area contributed by atoms with Crippen LogP contribution in [0, 0.1) is 0 Å². The van der Waals surface area contributed by atoms with E-state index < -0.39 is 0 Å². The number of halogens is 2. The Bertz CT molecular complexity index is 411. The Balaban J connectivity index is 2.20. The van der Waals surface area contributed by atoms with Crippen molar-refractivity contribution in [2.24, 2.45) is 0 Å². The van der Waals surface area contributed by atoms with Gasteiger partial charge in [-0.2, -0.15) is 0 Å². The van der Waals surface area contributed by atoms with Crippen LogP contribution in [0.2, 0.25) is 10.0 Å². The molecule has 3 atom stereocenters. The number of epoxide rings is 1. The first-order valence-electron chi connectivity index (χ1n) is 6.25. The lowest BCUT2D eigenvalue weighted by Gasteiger charge is -2.16. The highest BCUT2D eigenvalue weighted by atomic mass is 35.5. The maximum Gasteiger partial charge on any atom is 0.156 e. The molecule has 0 aromatic heterocycles. The van der Waals surface area contributed by atoms with Crippen LogP contribution in [0.25, 0.3) is 0 Å². The van der Waals surface area contributed by atoms with E-state index in [1.54, 1.807) is 7.11 Å². The minimum absolute atomic E-state index is 0.384. The molecule has 0 amide bonds. The lowest BCUT2D eigenvalue weighted by atomic mass is 9.91. The number of hydrogen-bond donors (Lipinski definition) is 0. The van der Waals surface area contributed by atoms with Gasteiger partial charge < -0.3 is 9.47 Å². The Morgan fingerprint density at radius 1 is 1.33 bits per heavy atom. The average molecular weight is 289 g/mol. The quantitative estimate of drug-likeness (QED) is 0.734. The second-order valence-corrected chi connectivity index (χ2v) is 5.55. The molecular weight excluding hydrogens is 271 g/mol. The molecular formula is C14H18Cl2O2. The highest BCUT2D eigenvalue weighted by Crippen LogP contribution is 2.40. The van der Waals surface area contributed by atoms with Gasteiger partial charge >= 0.3 is 0 Å². The molecule has 2 rings (SSSR count). The van der Waals surface area contributed by atoms with Crippen LogP contribution in [0.4, 0.5) is 0 Å². The predicted octanol–water partition coefficient (Wildman–Crippen LogP) is 4.67. The van der Waals surface area contributed by atoms with E-state index in [4.69, 9.17) is 32.7 Å². The van der Waals surface area contributed by atoms with Crippen LogP contribution in [-0.2, 0) is 4.74 Å². The fourth-order valence-corrected chi connectivity index (χ4v) is 2.96. The first-order chi connectivity index (χ1) is 8.56. The minimum Gasteiger partial charge on any atom is -0.494 e. The van der Waals surface area contributed by atoms with Crippen molar-refractivity contribution in [1.82, 2.24) is 0 Å². The van der Waals surface area contributed by atoms with Crippen LogP contribution in [0.15, 0.2) is 12.1 Å². The molecule has 1 fully saturated rings. The van der Waals surface area contributed by atoms with Gasteiger partial charge in [-0.25, -0.2) is 0 Å². The summed E-state index contributed by atoms with van der Waals surface area (Å²) < 4.78 is 10.7. The zero-order valence-corrected chi connectivity index (χ0v) is 12.4. The molecule has 3 unspecified atom stereocenters. The van der Waals surface area contributed by atoms with Crippen LogP contribution in [-0.4, -0.2) is 19.3 Å². The lowest BCUT2D eigenvalue weighted by Crippen LogP contribution is -2.03. The smallest absolute Gasteiger partial charge is 0.156 e. The first-order valence-corrected chi connectivity index (χ1v) is 7.00. The molecule has 1 aliphatic rings. The van der Waals surface area contributed by atoms with Gasteiger partial charge in [0.25, 0.3) is 0 Å². The summed E-state index contributed by atoms with van der Waals surface area (Å²) in [5, 5.41) is 1.14. The number of benzene rings is 1. The Morgan fingerprint density at radius 3 is 2.28 bits per heavy atom. The van der Waals surface area contributed by atoms with Crippen molar-refractivity contribution in [3.8, 4) is 5.75 Å². The van der Waals surface area contributed by atoms with Crippen molar-refractivity contribution in [3.05, 3.63) is 27.7 Å². The normalized spacial score (nSPS) is 23.8. The average Bonchev–Trinajstić information content (AvgIpc) is 3.01. The van der Waals surface area contributed by atoms with E-state index in [0.717, 1.165) is 18.4 Å². The second kappa shape index (κ2) is 5.68. The second-order valence-electron chi connectivity index (χ2n) is 4.74. The van der Waals surface area contributed by atoms with Crippen LogP contribution in [0.1, 0.15) is 38.2 Å². The van der Waals surface area contributed by atoms with Crippen molar-refractivity contribution >= 4 is 23.2 Å². The van der Waals surface area contributed by atoms with E-state index in [-0.39, 0.29) is 0 Å². The zero-order chi connectivity index (χ0) is 13.3. The largest absolute Gasteiger partial charge is 0.494 e. The van der Waals surface area contributed by atoms with Gasteiger partial charge in [-0.3, -0.25) is 0 Å². The molecule has 0 radical (unpaired) electrons. The number of hydrogen-bond acceptors (Lipinski definition) is 2. The van der Waals surface area contributed by atoms with E-state index >= 15 is 0 Å². The van der Waals surface area contributed by atoms with Crippen molar-refractivity contribution in [2.75, 3.05) is 7.11 Å². The van der Waals surface area contributed by atoms with E-state index in [2.05, 4.69) is 13.8 Å². The number of ether oxygens (including phenoxy) is 2. The summed E-state index contributed by atoms with van der Waals surface area (Å²) in [6.07, 6.45) is 2.85. The van der Waals surface area contributed by atoms with Crippen molar-refractivity contribution in [2.45, 2.75) is 44.8 Å². The number of methoxy groups -OCH3 is 1. The maximum absolute atomic E-state index is 6.18. The number of rotatable bonds is 5. The van der Waals surface area contributed by atoms with Gasteiger partial charge in [0.1, 0.15) is 0 Å². The molecule has 0 spiro atoms. The molecule has 18 heavy (non-hydrogen) atoms. The predicted molar refractivity (Wildman–Crippen MR) is 75.0 cm³/mol. The summed E-state index contributed by atoms with van der Waals surface area (Å²) in [6, 6.07) is 3.90. The highest BCUT2D eigenvalue weighted by Gasteiger charge is 2.36. The molecule has 1 saturated heterocycles. The van der Waals surface area contributed by atoms with Gasteiger partial charge in [0.2, 0.25) is 0 Å². The Kier molecular flexibility index (Phi) is 4.41. The van der Waals surface area contributed by atoms with Crippen LogP contribution >= 0.6 is 23.2 Å². The summed E-state index contributed by atoms with van der Waals surface area (Å²) >= 11 is 12.4. The molecule has 0 aliphatic carbocycles. The topological polar surface area (TPSA) is 21.8 Å². The summed E-state index contributed by atoms with van der Waals surface area (Å²) in [5.41, 5.74) is 1.16. The highest BCUT2D eigenvalue weighted by molar-refractivity contribution is 6.37. The fraction of sp³-hybridized carbons (Fsp3) is 0.571. The minimum atomic E-state index is 0.384. The van der Waals surface area contributed by atoms with E-state index in [9.17, 15) is 0 Å². The standard InChI is InChI=1S/C14H18Cl2O2/c1-4-9(7-13-8(2)18-13)10-5-11(15)14(17-3)12(16)6-10/h5-6,8-9,13H,4,7H2,1-3H3. The Hall–Kier alpha value is -0.440. The van der Waals surface area contributed by atoms with Gasteiger partial charge in [-0.1, -0.05) is 30.1 Å². The molecule has 1 aliphatic heterocycles. The molecule has 100 valence electrons. The van der Waals surface area contributed by atoms with Crippen molar-refractivity contribution in [3.63, 3.8) is 0 Å². The lowest BCUT2D eigenvalue weighted by molar-refractivity contribution is 0.357. The van der Waals surface area contributed by atoms with Gasteiger partial charge in [-0.05, 0) is 43.4 Å². The van der Waals surface area contributed by atoms with Crippen molar-refractivity contribution in [1.29, 1.82) is 0 Å². The van der Waals surface area contributed by atoms with E-state index in [1.165, 1.54) is 0 Å². The van der Waals surface area contributed by atoms with Crippen LogP contribution in [0.3, 0.4) is 0 Å². The Labute approximate surface area is 118 Å². The zero-order valence-electron chi connectivity index (χ0n) is 10.9. The van der Waals surface area contributed by atoms with E-state index in [0.29, 0.717) is 33.9 Å². The summed E-state index contributed by atoms with van der Waals surface area (Å²) in [5.74, 6) is 0.980. The van der Waals surface area contributed by atoms with Gasteiger partial charge in [0.05, 0.1) is 29.4 Å². The Morgan fingerprint density at radius 2 is 1.89 bits per heavy atom. The molecule has 0 bridgehead atoms. The maximum atomic E-state index is 6.18. The molecule has 0 N–H and O–H groups in total. The molecule has 1 aromatic carbocycles. The summed E-state index contributed by atoms with van der Waals surface area (Å²) in [7, 11) is 1.57. The van der Waals surface area contributed by atoms with Crippen LogP contribution < -0.4 is 4.74 Å². The SMILES string of the molecule is CCC(CC1OC1C)c1cc(Cl)c(OC)c(Cl)c1. The van der Waals surface area contributed by atoms with Crippen LogP contribution in [0.5, 0.6) is 5.75 Å².